The number of rotatable bonds is 9. The molecule has 0 amide bonds. The fourth-order valence-corrected chi connectivity index (χ4v) is 2.56. The minimum atomic E-state index is 0.644. The van der Waals surface area contributed by atoms with Gasteiger partial charge in [0, 0.05) is 55.7 Å². The third-order valence-electron chi connectivity index (χ3n) is 3.96. The van der Waals surface area contributed by atoms with Crippen molar-refractivity contribution >= 4 is 18.7 Å². The van der Waals surface area contributed by atoms with Gasteiger partial charge in [0.05, 0.1) is 5.69 Å². The molecule has 0 fully saturated rings. The van der Waals surface area contributed by atoms with Crippen LogP contribution in [-0.4, -0.2) is 41.7 Å². The molecule has 0 saturated carbocycles. The third-order valence-corrected chi connectivity index (χ3v) is 3.96. The Morgan fingerprint density at radius 3 is 3.00 bits per heavy atom. The SMILES string of the molecule is C=N/C=C\N(C)CCNC1=CCCC(Nc2ncc(/C=C\C)c(C)n2)=C1. The first-order valence-electron chi connectivity index (χ1n) is 8.83. The quantitative estimate of drug-likeness (QED) is 0.666. The highest BCUT2D eigenvalue weighted by Gasteiger charge is 2.08. The first kappa shape index (κ1) is 19.4. The zero-order valence-electron chi connectivity index (χ0n) is 15.9. The second-order valence-electron chi connectivity index (χ2n) is 6.12. The van der Waals surface area contributed by atoms with E-state index < -0.39 is 0 Å². The molecule has 0 saturated heterocycles. The van der Waals surface area contributed by atoms with E-state index in [9.17, 15) is 0 Å². The van der Waals surface area contributed by atoms with Gasteiger partial charge in [0.2, 0.25) is 5.95 Å². The van der Waals surface area contributed by atoms with Crippen LogP contribution in [0.5, 0.6) is 0 Å². The summed E-state index contributed by atoms with van der Waals surface area (Å²) in [7, 11) is 2.01. The van der Waals surface area contributed by atoms with Crippen LogP contribution >= 0.6 is 0 Å². The van der Waals surface area contributed by atoms with E-state index in [2.05, 4.69) is 49.4 Å². The molecule has 26 heavy (non-hydrogen) atoms. The Hall–Kier alpha value is -2.89. The molecule has 0 spiro atoms. The number of hydrogen-bond donors (Lipinski definition) is 2. The van der Waals surface area contributed by atoms with Crippen LogP contribution in [0.1, 0.15) is 31.0 Å². The summed E-state index contributed by atoms with van der Waals surface area (Å²) in [6.45, 7) is 9.15. The van der Waals surface area contributed by atoms with E-state index >= 15 is 0 Å². The van der Waals surface area contributed by atoms with Gasteiger partial charge in [-0.15, -0.1) is 0 Å². The summed E-state index contributed by atoms with van der Waals surface area (Å²) >= 11 is 0. The van der Waals surface area contributed by atoms with Gasteiger partial charge in [-0.3, -0.25) is 4.99 Å². The molecule has 0 unspecified atom stereocenters. The second kappa shape index (κ2) is 10.2. The molecule has 138 valence electrons. The summed E-state index contributed by atoms with van der Waals surface area (Å²) in [5.74, 6) is 0.644. The lowest BCUT2D eigenvalue weighted by Crippen LogP contribution is -2.26. The average Bonchev–Trinajstić information content (AvgIpc) is 2.63. The van der Waals surface area contributed by atoms with Crippen molar-refractivity contribution in [2.75, 3.05) is 25.5 Å². The normalized spacial score (nSPS) is 14.3. The Bertz CT molecular complexity index is 730. The molecular formula is C20H28N6. The van der Waals surface area contributed by atoms with E-state index in [-0.39, 0.29) is 0 Å². The van der Waals surface area contributed by atoms with E-state index in [0.29, 0.717) is 5.95 Å². The van der Waals surface area contributed by atoms with Crippen molar-refractivity contribution in [3.8, 4) is 0 Å². The van der Waals surface area contributed by atoms with Crippen LogP contribution in [0.25, 0.3) is 6.08 Å². The molecule has 1 aromatic heterocycles. The lowest BCUT2D eigenvalue weighted by atomic mass is 10.1. The zero-order valence-corrected chi connectivity index (χ0v) is 15.9. The third kappa shape index (κ3) is 6.20. The number of aryl methyl sites for hydroxylation is 1. The van der Waals surface area contributed by atoms with Crippen molar-refractivity contribution < 1.29 is 0 Å². The summed E-state index contributed by atoms with van der Waals surface area (Å²) in [6, 6.07) is 0. The Morgan fingerprint density at radius 1 is 1.42 bits per heavy atom. The number of nitrogens with zero attached hydrogens (tertiary/aromatic N) is 4. The maximum absolute atomic E-state index is 4.54. The minimum Gasteiger partial charge on any atom is -0.383 e. The Kier molecular flexibility index (Phi) is 7.61. The van der Waals surface area contributed by atoms with Crippen molar-refractivity contribution in [2.24, 2.45) is 4.99 Å². The van der Waals surface area contributed by atoms with Crippen LogP contribution in [-0.2, 0) is 0 Å². The van der Waals surface area contributed by atoms with Gasteiger partial charge in [0.1, 0.15) is 0 Å². The summed E-state index contributed by atoms with van der Waals surface area (Å²) in [4.78, 5) is 14.7. The molecule has 2 rings (SSSR count). The van der Waals surface area contributed by atoms with Crippen LogP contribution in [0.15, 0.2) is 53.2 Å². The summed E-state index contributed by atoms with van der Waals surface area (Å²) in [5, 5.41) is 6.80. The maximum atomic E-state index is 4.54. The van der Waals surface area contributed by atoms with Crippen LogP contribution in [0.2, 0.25) is 0 Å². The highest BCUT2D eigenvalue weighted by Crippen LogP contribution is 2.18. The molecule has 1 heterocycles. The largest absolute Gasteiger partial charge is 0.383 e. The van der Waals surface area contributed by atoms with Crippen molar-refractivity contribution in [2.45, 2.75) is 26.7 Å². The highest BCUT2D eigenvalue weighted by atomic mass is 15.1. The standard InChI is InChI=1S/C20H28N6/c1-5-7-17-15-23-20(24-16(17)2)25-19-9-6-8-18(14-19)22-11-13-26(4)12-10-21-3/h5,7-8,10,12,14-15,22H,3,6,9,11,13H2,1-2,4H3,(H,23,24,25)/b7-5-,12-10-. The number of likely N-dealkylation sites (N-methyl/N-ethyl adjacent to an activating group) is 1. The first-order valence-corrected chi connectivity index (χ1v) is 8.83. The predicted octanol–water partition coefficient (Wildman–Crippen LogP) is 3.48. The van der Waals surface area contributed by atoms with E-state index in [1.165, 1.54) is 0 Å². The molecule has 2 N–H and O–H groups in total. The molecule has 1 aliphatic rings. The Labute approximate surface area is 156 Å². The fourth-order valence-electron chi connectivity index (χ4n) is 2.56. The lowest BCUT2D eigenvalue weighted by Gasteiger charge is -2.18. The maximum Gasteiger partial charge on any atom is 0.227 e. The highest BCUT2D eigenvalue weighted by molar-refractivity contribution is 5.52. The van der Waals surface area contributed by atoms with Gasteiger partial charge < -0.3 is 15.5 Å². The van der Waals surface area contributed by atoms with Crippen molar-refractivity contribution in [1.82, 2.24) is 20.2 Å². The summed E-state index contributed by atoms with van der Waals surface area (Å²) in [6.07, 6.45) is 15.7. The molecular weight excluding hydrogens is 324 g/mol. The molecule has 0 atom stereocenters. The van der Waals surface area contributed by atoms with Crippen molar-refractivity contribution in [3.05, 3.63) is 59.5 Å². The molecule has 6 nitrogen and oxygen atoms in total. The zero-order chi connectivity index (χ0) is 18.8. The molecule has 0 aliphatic heterocycles. The Balaban J connectivity index is 1.90. The lowest BCUT2D eigenvalue weighted by molar-refractivity contribution is 0.452. The van der Waals surface area contributed by atoms with Gasteiger partial charge in [-0.2, -0.15) is 0 Å². The van der Waals surface area contributed by atoms with E-state index in [0.717, 1.165) is 48.6 Å². The van der Waals surface area contributed by atoms with Gasteiger partial charge >= 0.3 is 0 Å². The molecule has 6 heteroatoms. The molecule has 0 aromatic carbocycles. The molecule has 1 aromatic rings. The smallest absolute Gasteiger partial charge is 0.227 e. The van der Waals surface area contributed by atoms with E-state index in [1.807, 2.05) is 45.4 Å². The molecule has 0 radical (unpaired) electrons. The van der Waals surface area contributed by atoms with Gasteiger partial charge in [0.15, 0.2) is 0 Å². The van der Waals surface area contributed by atoms with Gasteiger partial charge in [0.25, 0.3) is 0 Å². The number of aliphatic imine (C=N–C) groups is 1. The van der Waals surface area contributed by atoms with Crippen LogP contribution in [0.3, 0.4) is 0 Å². The predicted molar refractivity (Wildman–Crippen MR) is 110 cm³/mol. The fraction of sp³-hybridized carbons (Fsp3) is 0.350. The summed E-state index contributed by atoms with van der Waals surface area (Å²) < 4.78 is 0. The number of aromatic nitrogens is 2. The van der Waals surface area contributed by atoms with Crippen molar-refractivity contribution in [3.63, 3.8) is 0 Å². The minimum absolute atomic E-state index is 0.644. The van der Waals surface area contributed by atoms with E-state index in [4.69, 9.17) is 0 Å². The van der Waals surface area contributed by atoms with Gasteiger partial charge in [-0.1, -0.05) is 18.2 Å². The number of anilines is 1. The topological polar surface area (TPSA) is 65.4 Å². The monoisotopic (exact) mass is 352 g/mol. The van der Waals surface area contributed by atoms with Crippen LogP contribution in [0, 0.1) is 6.92 Å². The number of hydrogen-bond acceptors (Lipinski definition) is 6. The second-order valence-corrected chi connectivity index (χ2v) is 6.12. The Morgan fingerprint density at radius 2 is 2.27 bits per heavy atom. The number of allylic oxidation sites excluding steroid dienone is 4. The number of nitrogens with one attached hydrogen (secondary N) is 2. The van der Waals surface area contributed by atoms with Crippen LogP contribution < -0.4 is 10.6 Å². The van der Waals surface area contributed by atoms with Gasteiger partial charge in [-0.25, -0.2) is 9.97 Å². The summed E-state index contributed by atoms with van der Waals surface area (Å²) in [5.41, 5.74) is 4.26. The van der Waals surface area contributed by atoms with Crippen molar-refractivity contribution in [1.29, 1.82) is 0 Å². The van der Waals surface area contributed by atoms with Gasteiger partial charge in [-0.05, 0) is 39.5 Å². The first-order chi connectivity index (χ1) is 12.6. The van der Waals surface area contributed by atoms with Crippen LogP contribution in [0.4, 0.5) is 5.95 Å². The molecule has 0 bridgehead atoms. The van der Waals surface area contributed by atoms with E-state index in [1.54, 1.807) is 6.20 Å². The molecule has 1 aliphatic carbocycles. The average molecular weight is 352 g/mol.